The van der Waals surface area contributed by atoms with Crippen molar-refractivity contribution in [1.29, 1.82) is 0 Å². The van der Waals surface area contributed by atoms with Crippen LogP contribution in [-0.4, -0.2) is 33.6 Å². The molecule has 24 heavy (non-hydrogen) atoms. The monoisotopic (exact) mass is 341 g/mol. The summed E-state index contributed by atoms with van der Waals surface area (Å²) in [6.07, 6.45) is 2.95. The summed E-state index contributed by atoms with van der Waals surface area (Å²) in [5.41, 5.74) is 1.28. The molecule has 0 saturated carbocycles. The Morgan fingerprint density at radius 2 is 1.83 bits per heavy atom. The van der Waals surface area contributed by atoms with E-state index in [2.05, 4.69) is 20.3 Å². The summed E-state index contributed by atoms with van der Waals surface area (Å²) in [5, 5.41) is 13.4. The highest BCUT2D eigenvalue weighted by Gasteiger charge is 2.38. The number of nitrogens with zero attached hydrogens (tertiary/aromatic N) is 5. The van der Waals surface area contributed by atoms with E-state index in [1.54, 1.807) is 31.2 Å². The average Bonchev–Trinajstić information content (AvgIpc) is 2.89. The molecule has 0 unspecified atom stereocenters. The van der Waals surface area contributed by atoms with Crippen molar-refractivity contribution >= 4 is 34.8 Å². The number of hydrogen-bond donors (Lipinski definition) is 0. The molecule has 1 atom stereocenters. The number of hydrazone groups is 1. The van der Waals surface area contributed by atoms with Gasteiger partial charge in [-0.25, -0.2) is 0 Å². The lowest BCUT2D eigenvalue weighted by molar-refractivity contribution is -0.127. The number of imide groups is 1. The lowest BCUT2D eigenvalue weighted by Crippen LogP contribution is -2.34. The third-order valence-electron chi connectivity index (χ3n) is 3.33. The highest BCUT2D eigenvalue weighted by molar-refractivity contribution is 6.30. The van der Waals surface area contributed by atoms with E-state index in [0.717, 1.165) is 5.01 Å². The summed E-state index contributed by atoms with van der Waals surface area (Å²) >= 11 is 5.80. The predicted molar refractivity (Wildman–Crippen MR) is 88.3 cm³/mol. The van der Waals surface area contributed by atoms with Gasteiger partial charge >= 0.3 is 0 Å². The topological polar surface area (TPSA) is 87.4 Å². The van der Waals surface area contributed by atoms with Crippen LogP contribution in [0.15, 0.2) is 64.1 Å². The molecule has 7 nitrogen and oxygen atoms in total. The molecule has 3 rings (SSSR count). The maximum Gasteiger partial charge on any atom is 0.282 e. The molecule has 0 N–H and O–H groups in total. The first kappa shape index (κ1) is 15.9. The Balaban J connectivity index is 1.78. The fraction of sp³-hybridized carbons (Fsp3) is 0.125. The van der Waals surface area contributed by atoms with Crippen molar-refractivity contribution in [3.05, 3.63) is 59.4 Å². The van der Waals surface area contributed by atoms with Crippen LogP contribution in [0.5, 0.6) is 0 Å². The van der Waals surface area contributed by atoms with E-state index in [1.165, 1.54) is 24.5 Å². The molecule has 0 bridgehead atoms. The molecule has 2 heterocycles. The molecule has 1 aromatic heterocycles. The van der Waals surface area contributed by atoms with Gasteiger partial charge in [0.05, 0.1) is 11.4 Å². The fourth-order valence-corrected chi connectivity index (χ4v) is 2.21. The van der Waals surface area contributed by atoms with Crippen molar-refractivity contribution in [3.63, 3.8) is 0 Å². The van der Waals surface area contributed by atoms with Crippen LogP contribution in [0.3, 0.4) is 0 Å². The quantitative estimate of drug-likeness (QED) is 0.634. The molecule has 0 radical (unpaired) electrons. The zero-order valence-corrected chi connectivity index (χ0v) is 13.4. The van der Waals surface area contributed by atoms with Crippen molar-refractivity contribution in [2.75, 3.05) is 0 Å². The Kier molecular flexibility index (Phi) is 4.43. The summed E-state index contributed by atoms with van der Waals surface area (Å²) < 4.78 is 0. The van der Waals surface area contributed by atoms with Crippen molar-refractivity contribution in [1.82, 2.24) is 9.99 Å². The van der Waals surface area contributed by atoms with Crippen molar-refractivity contribution in [3.8, 4) is 0 Å². The number of aromatic nitrogens is 1. The molecule has 0 fully saturated rings. The number of carbonyl (C=O) groups excluding carboxylic acids is 2. The second kappa shape index (κ2) is 6.67. The van der Waals surface area contributed by atoms with Gasteiger partial charge in [-0.05, 0) is 43.3 Å². The predicted octanol–water partition coefficient (Wildman–Crippen LogP) is 3.25. The van der Waals surface area contributed by atoms with Crippen LogP contribution in [0, 0.1) is 0 Å². The molecule has 2 amide bonds. The first-order chi connectivity index (χ1) is 11.6. The minimum atomic E-state index is -0.911. The number of halogens is 1. The molecule has 120 valence electrons. The van der Waals surface area contributed by atoms with E-state index in [-0.39, 0.29) is 0 Å². The summed E-state index contributed by atoms with van der Waals surface area (Å²) in [5.74, 6) is -1.06. The van der Waals surface area contributed by atoms with Crippen molar-refractivity contribution in [2.45, 2.75) is 13.0 Å². The molecule has 0 aliphatic carbocycles. The van der Waals surface area contributed by atoms with Gasteiger partial charge in [-0.3, -0.25) is 14.6 Å². The van der Waals surface area contributed by atoms with E-state index in [0.29, 0.717) is 22.0 Å². The fourth-order valence-electron chi connectivity index (χ4n) is 2.08. The van der Waals surface area contributed by atoms with E-state index < -0.39 is 17.9 Å². The SMILES string of the molecule is CC1=NN(C(=O)c2ccncc2)C(=O)[C@@H]1N=Nc1ccc(Cl)cc1. The zero-order chi connectivity index (χ0) is 17.1. The standard InChI is InChI=1S/C16H12ClN5O2/c1-10-14(20-19-13-4-2-12(17)3-5-13)16(24)22(21-10)15(23)11-6-8-18-9-7-11/h2-9,14H,1H3/t14-/m1/s1. The van der Waals surface area contributed by atoms with Crippen LogP contribution in [0.1, 0.15) is 17.3 Å². The minimum Gasteiger partial charge on any atom is -0.269 e. The Hall–Kier alpha value is -2.93. The number of pyridine rings is 1. The number of azo groups is 1. The van der Waals surface area contributed by atoms with E-state index in [4.69, 9.17) is 11.6 Å². The van der Waals surface area contributed by atoms with Gasteiger partial charge in [0.1, 0.15) is 0 Å². The molecule has 1 aromatic carbocycles. The van der Waals surface area contributed by atoms with Gasteiger partial charge in [0.15, 0.2) is 6.04 Å². The lowest BCUT2D eigenvalue weighted by Gasteiger charge is -2.10. The number of benzene rings is 1. The Bertz CT molecular complexity index is 833. The van der Waals surface area contributed by atoms with Gasteiger partial charge < -0.3 is 0 Å². The summed E-state index contributed by atoms with van der Waals surface area (Å²) in [4.78, 5) is 28.6. The first-order valence-electron chi connectivity index (χ1n) is 7.06. The van der Waals surface area contributed by atoms with Crippen molar-refractivity contribution in [2.24, 2.45) is 15.3 Å². The summed E-state index contributed by atoms with van der Waals surface area (Å²) in [6, 6.07) is 8.83. The van der Waals surface area contributed by atoms with Gasteiger partial charge in [0.2, 0.25) is 0 Å². The molecule has 1 aliphatic heterocycles. The molecular weight excluding hydrogens is 330 g/mol. The number of carbonyl (C=O) groups is 2. The number of rotatable bonds is 3. The van der Waals surface area contributed by atoms with Crippen LogP contribution in [0.4, 0.5) is 5.69 Å². The van der Waals surface area contributed by atoms with Gasteiger partial charge in [0, 0.05) is 23.0 Å². The second-order valence-electron chi connectivity index (χ2n) is 5.03. The maximum absolute atomic E-state index is 12.4. The zero-order valence-electron chi connectivity index (χ0n) is 12.6. The normalized spacial score (nSPS) is 17.4. The van der Waals surface area contributed by atoms with E-state index in [1.807, 2.05) is 0 Å². The van der Waals surface area contributed by atoms with Crippen LogP contribution >= 0.6 is 11.6 Å². The molecule has 0 saturated heterocycles. The summed E-state index contributed by atoms with van der Waals surface area (Å²) in [6.45, 7) is 1.63. The molecule has 2 aromatic rings. The van der Waals surface area contributed by atoms with E-state index in [9.17, 15) is 9.59 Å². The smallest absolute Gasteiger partial charge is 0.269 e. The molecule has 8 heteroatoms. The number of amides is 2. The maximum atomic E-state index is 12.4. The highest BCUT2D eigenvalue weighted by Crippen LogP contribution is 2.20. The van der Waals surface area contributed by atoms with Crippen LogP contribution in [-0.2, 0) is 4.79 Å². The molecular formula is C16H12ClN5O2. The van der Waals surface area contributed by atoms with Crippen molar-refractivity contribution < 1.29 is 9.59 Å². The van der Waals surface area contributed by atoms with Crippen LogP contribution in [0.25, 0.3) is 0 Å². The van der Waals surface area contributed by atoms with E-state index >= 15 is 0 Å². The minimum absolute atomic E-state index is 0.324. The average molecular weight is 342 g/mol. The van der Waals surface area contributed by atoms with Gasteiger partial charge in [-0.1, -0.05) is 11.6 Å². The van der Waals surface area contributed by atoms with Gasteiger partial charge in [-0.15, -0.1) is 0 Å². The largest absolute Gasteiger partial charge is 0.282 e. The van der Waals surface area contributed by atoms with Crippen LogP contribution in [0.2, 0.25) is 5.02 Å². The van der Waals surface area contributed by atoms with Crippen LogP contribution < -0.4 is 0 Å². The lowest BCUT2D eigenvalue weighted by atomic mass is 10.2. The molecule has 0 spiro atoms. The Morgan fingerprint density at radius 3 is 2.50 bits per heavy atom. The van der Waals surface area contributed by atoms with Gasteiger partial charge in [0.25, 0.3) is 11.8 Å². The summed E-state index contributed by atoms with van der Waals surface area (Å²) in [7, 11) is 0. The Labute approximate surface area is 142 Å². The third kappa shape index (κ3) is 3.21. The third-order valence-corrected chi connectivity index (χ3v) is 3.58. The van der Waals surface area contributed by atoms with Gasteiger partial charge in [-0.2, -0.15) is 20.3 Å². The number of hydrogen-bond acceptors (Lipinski definition) is 6. The molecule has 1 aliphatic rings. The highest BCUT2D eigenvalue weighted by atomic mass is 35.5. The first-order valence-corrected chi connectivity index (χ1v) is 7.44. The Morgan fingerprint density at radius 1 is 1.17 bits per heavy atom. The second-order valence-corrected chi connectivity index (χ2v) is 5.46.